The molecule has 0 amide bonds. The highest BCUT2D eigenvalue weighted by molar-refractivity contribution is 5.85. The number of rotatable bonds is 1. The Hall–Kier alpha value is -0.240. The maximum atomic E-state index is 9.60. The van der Waals surface area contributed by atoms with Crippen LogP contribution in [-0.2, 0) is 9.53 Å². The monoisotopic (exact) mass is 250 g/mol. The van der Waals surface area contributed by atoms with Gasteiger partial charge in [-0.25, -0.2) is 0 Å². The second-order valence-corrected chi connectivity index (χ2v) is 5.15. The van der Waals surface area contributed by atoms with Crippen molar-refractivity contribution in [3.63, 3.8) is 0 Å². The lowest BCUT2D eigenvalue weighted by molar-refractivity contribution is -0.138. The van der Waals surface area contributed by atoms with Gasteiger partial charge in [0.15, 0.2) is 0 Å². The Morgan fingerprint density at radius 1 is 0.812 bits per heavy atom. The Balaban J connectivity index is 0. The molecular weight excluding hydrogens is 224 g/mol. The van der Waals surface area contributed by atoms with Crippen LogP contribution < -0.4 is 0 Å². The zero-order valence-corrected chi connectivity index (χ0v) is 11.8. The Morgan fingerprint density at radius 2 is 1.06 bits per heavy atom. The van der Waals surface area contributed by atoms with E-state index in [0.29, 0.717) is 6.47 Å². The molecule has 98 valence electrons. The topological polar surface area (TPSA) is 26.3 Å². The first-order valence-corrected chi connectivity index (χ1v) is 6.18. The molecule has 0 unspecified atom stereocenters. The fourth-order valence-corrected chi connectivity index (χ4v) is 1.56. The van der Waals surface area contributed by atoms with Crippen LogP contribution in [0.5, 0.6) is 0 Å². The second-order valence-electron chi connectivity index (χ2n) is 5.15. The summed E-state index contributed by atoms with van der Waals surface area (Å²) in [6.07, 6.45) is 12.0. The van der Waals surface area contributed by atoms with Gasteiger partial charge in [-0.3, -0.25) is 4.79 Å². The Morgan fingerprint density at radius 3 is 1.12 bits per heavy atom. The number of carbonyl (C=O) groups is 1. The van der Waals surface area contributed by atoms with Gasteiger partial charge in [-0.15, -0.1) is 12.4 Å². The number of carbonyl (C=O) groups excluding carboxylic acids is 1. The van der Waals surface area contributed by atoms with Crippen LogP contribution in [0.1, 0.15) is 72.1 Å². The molecular formula is C13H27ClO2. The van der Waals surface area contributed by atoms with Crippen molar-refractivity contribution in [1.29, 1.82) is 0 Å². The van der Waals surface area contributed by atoms with Crippen molar-refractivity contribution in [1.82, 2.24) is 0 Å². The Bertz CT molecular complexity index is 129. The van der Waals surface area contributed by atoms with E-state index >= 15 is 0 Å². The average molecular weight is 251 g/mol. The number of halogens is 1. The Labute approximate surface area is 107 Å². The quantitative estimate of drug-likeness (QED) is 0.641. The molecule has 0 N–H and O–H groups in total. The van der Waals surface area contributed by atoms with E-state index in [4.69, 9.17) is 0 Å². The van der Waals surface area contributed by atoms with E-state index in [1.54, 1.807) is 0 Å². The van der Waals surface area contributed by atoms with Crippen molar-refractivity contribution >= 4 is 18.9 Å². The first-order chi connectivity index (χ1) is 7.06. The van der Waals surface area contributed by atoms with E-state index in [1.165, 1.54) is 51.4 Å². The third kappa shape index (κ3) is 16.2. The summed E-state index contributed by atoms with van der Waals surface area (Å²) in [5.41, 5.74) is -0.318. The predicted molar refractivity (Wildman–Crippen MR) is 71.1 cm³/mol. The number of ether oxygens (including phenoxy) is 1. The van der Waals surface area contributed by atoms with Crippen LogP contribution in [0.3, 0.4) is 0 Å². The minimum Gasteiger partial charge on any atom is -0.462 e. The van der Waals surface area contributed by atoms with Crippen molar-refractivity contribution in [3.05, 3.63) is 0 Å². The maximum absolute atomic E-state index is 9.60. The molecule has 16 heavy (non-hydrogen) atoms. The molecule has 0 spiro atoms. The molecule has 0 aromatic heterocycles. The SMILES string of the molecule is C1CCCCCCC1.CC(C)(C)OC=O.Cl. The van der Waals surface area contributed by atoms with Crippen molar-refractivity contribution in [2.75, 3.05) is 0 Å². The van der Waals surface area contributed by atoms with Gasteiger partial charge in [0.25, 0.3) is 6.47 Å². The van der Waals surface area contributed by atoms with Gasteiger partial charge >= 0.3 is 0 Å². The highest BCUT2D eigenvalue weighted by atomic mass is 35.5. The molecule has 0 saturated heterocycles. The van der Waals surface area contributed by atoms with Crippen molar-refractivity contribution in [2.45, 2.75) is 77.7 Å². The molecule has 0 radical (unpaired) electrons. The molecule has 1 saturated carbocycles. The van der Waals surface area contributed by atoms with E-state index < -0.39 is 0 Å². The number of hydrogen-bond donors (Lipinski definition) is 0. The molecule has 1 aliphatic rings. The largest absolute Gasteiger partial charge is 0.462 e. The molecule has 0 heterocycles. The van der Waals surface area contributed by atoms with Gasteiger partial charge < -0.3 is 4.74 Å². The summed E-state index contributed by atoms with van der Waals surface area (Å²) >= 11 is 0. The van der Waals surface area contributed by atoms with Gasteiger partial charge in [-0.2, -0.15) is 0 Å². The fourth-order valence-electron chi connectivity index (χ4n) is 1.56. The molecule has 2 nitrogen and oxygen atoms in total. The summed E-state index contributed by atoms with van der Waals surface area (Å²) in [6.45, 7) is 5.92. The molecule has 1 fully saturated rings. The standard InChI is InChI=1S/C8H16.C5H10O2.ClH/c1-2-4-6-8-7-5-3-1;1-5(2,3)7-4-6;/h1-8H2;4H,1-3H3;1H. The first kappa shape index (κ1) is 18.1. The van der Waals surface area contributed by atoms with Crippen LogP contribution in [0, 0.1) is 0 Å². The van der Waals surface area contributed by atoms with Crippen LogP contribution in [0.4, 0.5) is 0 Å². The van der Waals surface area contributed by atoms with E-state index in [2.05, 4.69) is 4.74 Å². The van der Waals surface area contributed by atoms with Crippen LogP contribution in [0.15, 0.2) is 0 Å². The van der Waals surface area contributed by atoms with E-state index in [1.807, 2.05) is 20.8 Å². The summed E-state index contributed by atoms with van der Waals surface area (Å²) in [4.78, 5) is 9.60. The highest BCUT2D eigenvalue weighted by Crippen LogP contribution is 2.15. The second kappa shape index (κ2) is 11.3. The molecule has 1 aliphatic carbocycles. The summed E-state index contributed by atoms with van der Waals surface area (Å²) in [7, 11) is 0. The highest BCUT2D eigenvalue weighted by Gasteiger charge is 2.07. The number of hydrogen-bond acceptors (Lipinski definition) is 2. The molecule has 3 heteroatoms. The van der Waals surface area contributed by atoms with Gasteiger partial charge in [0, 0.05) is 0 Å². The van der Waals surface area contributed by atoms with E-state index in [0.717, 1.165) is 0 Å². The molecule has 0 aromatic carbocycles. The third-order valence-corrected chi connectivity index (χ3v) is 2.40. The van der Waals surface area contributed by atoms with Gasteiger partial charge in [-0.1, -0.05) is 51.4 Å². The maximum Gasteiger partial charge on any atom is 0.293 e. The molecule has 0 bridgehead atoms. The summed E-state index contributed by atoms with van der Waals surface area (Å²) in [6, 6.07) is 0. The molecule has 0 atom stereocenters. The predicted octanol–water partition coefficient (Wildman–Crippen LogP) is 4.50. The van der Waals surface area contributed by atoms with Crippen molar-refractivity contribution < 1.29 is 9.53 Å². The molecule has 0 aromatic rings. The third-order valence-electron chi connectivity index (χ3n) is 2.40. The van der Waals surface area contributed by atoms with Crippen LogP contribution >= 0.6 is 12.4 Å². The van der Waals surface area contributed by atoms with E-state index in [9.17, 15) is 4.79 Å². The van der Waals surface area contributed by atoms with Gasteiger partial charge in [0.2, 0.25) is 0 Å². The van der Waals surface area contributed by atoms with Crippen LogP contribution in [0.25, 0.3) is 0 Å². The van der Waals surface area contributed by atoms with Gasteiger partial charge in [0.05, 0.1) is 0 Å². The summed E-state index contributed by atoms with van der Waals surface area (Å²) < 4.78 is 4.55. The normalized spacial score (nSPS) is 16.7. The summed E-state index contributed by atoms with van der Waals surface area (Å²) in [5.74, 6) is 0. The zero-order valence-electron chi connectivity index (χ0n) is 11.0. The van der Waals surface area contributed by atoms with Crippen LogP contribution in [0.2, 0.25) is 0 Å². The summed E-state index contributed by atoms with van der Waals surface area (Å²) in [5, 5.41) is 0. The zero-order chi connectivity index (χ0) is 11.6. The minimum atomic E-state index is -0.318. The van der Waals surface area contributed by atoms with Crippen LogP contribution in [-0.4, -0.2) is 12.1 Å². The van der Waals surface area contributed by atoms with Gasteiger partial charge in [-0.05, 0) is 20.8 Å². The lowest BCUT2D eigenvalue weighted by Gasteiger charge is -2.14. The Kier molecular flexibility index (Phi) is 12.8. The average Bonchev–Trinajstić information content (AvgIpc) is 2.00. The fraction of sp³-hybridized carbons (Fsp3) is 0.923. The first-order valence-electron chi connectivity index (χ1n) is 6.18. The van der Waals surface area contributed by atoms with Gasteiger partial charge in [0.1, 0.15) is 5.60 Å². The minimum absolute atomic E-state index is 0. The van der Waals surface area contributed by atoms with E-state index in [-0.39, 0.29) is 18.0 Å². The smallest absolute Gasteiger partial charge is 0.293 e. The molecule has 1 rings (SSSR count). The lowest BCUT2D eigenvalue weighted by atomic mass is 10.0. The van der Waals surface area contributed by atoms with Crippen molar-refractivity contribution in [2.24, 2.45) is 0 Å². The lowest BCUT2D eigenvalue weighted by Crippen LogP contribution is -2.17. The molecule has 0 aliphatic heterocycles. The van der Waals surface area contributed by atoms with Crippen molar-refractivity contribution in [3.8, 4) is 0 Å².